The van der Waals surface area contributed by atoms with E-state index in [0.717, 1.165) is 28.5 Å². The van der Waals surface area contributed by atoms with Gasteiger partial charge >= 0.3 is 0 Å². The van der Waals surface area contributed by atoms with Gasteiger partial charge in [-0.1, -0.05) is 42.0 Å². The van der Waals surface area contributed by atoms with Crippen molar-refractivity contribution in [2.75, 3.05) is 13.7 Å². The number of aryl methyl sites for hydroxylation is 1. The summed E-state index contributed by atoms with van der Waals surface area (Å²) in [5.74, 6) is -0.0798. The zero-order chi connectivity index (χ0) is 23.1. The molecule has 1 unspecified atom stereocenters. The predicted molar refractivity (Wildman–Crippen MR) is 123 cm³/mol. The van der Waals surface area contributed by atoms with Crippen LogP contribution in [0.2, 0.25) is 0 Å². The van der Waals surface area contributed by atoms with Crippen LogP contribution in [0, 0.1) is 12.7 Å². The molecule has 0 aliphatic carbocycles. The highest BCUT2D eigenvalue weighted by atomic mass is 19.1. The molecule has 0 N–H and O–H groups in total. The van der Waals surface area contributed by atoms with E-state index in [1.54, 1.807) is 12.0 Å². The van der Waals surface area contributed by atoms with Crippen LogP contribution in [0.4, 0.5) is 4.39 Å². The molecule has 3 aromatic carbocycles. The second-order valence-corrected chi connectivity index (χ2v) is 8.22. The minimum atomic E-state index is -0.602. The molecule has 5 nitrogen and oxygen atoms in total. The number of fused-ring (bicyclic) bond motifs is 2. The molecule has 0 spiro atoms. The van der Waals surface area contributed by atoms with Crippen LogP contribution in [-0.2, 0) is 6.42 Å². The van der Waals surface area contributed by atoms with E-state index >= 15 is 0 Å². The number of rotatable bonds is 5. The van der Waals surface area contributed by atoms with Crippen molar-refractivity contribution in [3.8, 4) is 5.75 Å². The van der Waals surface area contributed by atoms with Crippen molar-refractivity contribution in [1.29, 1.82) is 0 Å². The average molecular weight is 443 g/mol. The summed E-state index contributed by atoms with van der Waals surface area (Å²) >= 11 is 0. The van der Waals surface area contributed by atoms with Crippen molar-refractivity contribution in [2.24, 2.45) is 0 Å². The molecule has 0 radical (unpaired) electrons. The van der Waals surface area contributed by atoms with Gasteiger partial charge in [-0.2, -0.15) is 0 Å². The number of hydrogen-bond donors (Lipinski definition) is 0. The van der Waals surface area contributed by atoms with Gasteiger partial charge in [0, 0.05) is 6.54 Å². The number of carbonyl (C=O) groups is 1. The Morgan fingerprint density at radius 2 is 1.73 bits per heavy atom. The molecule has 1 aliphatic rings. The standard InChI is InChI=1S/C27H22FNO4/c1-16-3-7-18(8-4-16)24-23-25(30)21-15-19(28)9-12-22(21)33-26(23)27(31)29(24)14-13-17-5-10-20(32-2)11-6-17/h3-12,15,24H,13-14H2,1-2H3. The third-order valence-corrected chi connectivity index (χ3v) is 6.12. The van der Waals surface area contributed by atoms with Crippen molar-refractivity contribution in [3.63, 3.8) is 0 Å². The first-order chi connectivity index (χ1) is 16.0. The molecule has 166 valence electrons. The topological polar surface area (TPSA) is 59.8 Å². The smallest absolute Gasteiger partial charge is 0.290 e. The number of methoxy groups -OCH3 is 1. The van der Waals surface area contributed by atoms with Crippen LogP contribution < -0.4 is 10.2 Å². The average Bonchev–Trinajstić information content (AvgIpc) is 3.11. The number of ether oxygens (including phenoxy) is 1. The van der Waals surface area contributed by atoms with E-state index in [4.69, 9.17) is 9.15 Å². The molecule has 0 saturated heterocycles. The zero-order valence-electron chi connectivity index (χ0n) is 18.3. The lowest BCUT2D eigenvalue weighted by molar-refractivity contribution is 0.0730. The fourth-order valence-corrected chi connectivity index (χ4v) is 4.36. The molecule has 1 aliphatic heterocycles. The molecule has 4 aromatic rings. The fraction of sp³-hybridized carbons (Fsp3) is 0.185. The molecule has 0 saturated carbocycles. The van der Waals surface area contributed by atoms with Crippen LogP contribution in [0.1, 0.15) is 38.9 Å². The van der Waals surface area contributed by atoms with Crippen LogP contribution in [-0.4, -0.2) is 24.5 Å². The zero-order valence-corrected chi connectivity index (χ0v) is 18.3. The summed E-state index contributed by atoms with van der Waals surface area (Å²) in [6.07, 6.45) is 0.592. The van der Waals surface area contributed by atoms with Gasteiger partial charge in [0.2, 0.25) is 5.76 Å². The maximum Gasteiger partial charge on any atom is 0.290 e. The SMILES string of the molecule is COc1ccc(CCN2C(=O)c3oc4ccc(F)cc4c(=O)c3C2c2ccc(C)cc2)cc1. The predicted octanol–water partition coefficient (Wildman–Crippen LogP) is 5.04. The number of benzene rings is 3. The summed E-state index contributed by atoms with van der Waals surface area (Å²) in [7, 11) is 1.61. The van der Waals surface area contributed by atoms with Gasteiger partial charge in [0.1, 0.15) is 17.1 Å². The van der Waals surface area contributed by atoms with Crippen molar-refractivity contribution in [2.45, 2.75) is 19.4 Å². The second-order valence-electron chi connectivity index (χ2n) is 8.22. The lowest BCUT2D eigenvalue weighted by atomic mass is 9.97. The van der Waals surface area contributed by atoms with Crippen molar-refractivity contribution >= 4 is 16.9 Å². The van der Waals surface area contributed by atoms with Crippen LogP contribution in [0.3, 0.4) is 0 Å². The van der Waals surface area contributed by atoms with Gasteiger partial charge in [0.25, 0.3) is 5.91 Å². The minimum absolute atomic E-state index is 0.0272. The Labute approximate surface area is 190 Å². The highest BCUT2D eigenvalue weighted by molar-refractivity contribution is 5.99. The number of halogens is 1. The molecular formula is C27H22FNO4. The summed E-state index contributed by atoms with van der Waals surface area (Å²) in [5.41, 5.74) is 3.00. The lowest BCUT2D eigenvalue weighted by Crippen LogP contribution is -2.31. The second kappa shape index (κ2) is 8.20. The largest absolute Gasteiger partial charge is 0.497 e. The molecule has 1 amide bonds. The van der Waals surface area contributed by atoms with E-state index in [-0.39, 0.29) is 33.6 Å². The third-order valence-electron chi connectivity index (χ3n) is 6.12. The third kappa shape index (κ3) is 3.67. The monoisotopic (exact) mass is 443 g/mol. The Morgan fingerprint density at radius 3 is 2.42 bits per heavy atom. The Hall–Kier alpha value is -3.93. The van der Waals surface area contributed by atoms with Gasteiger partial charge in [0.05, 0.1) is 24.1 Å². The molecule has 1 aromatic heterocycles. The van der Waals surface area contributed by atoms with Gasteiger partial charge in [0.15, 0.2) is 5.43 Å². The van der Waals surface area contributed by atoms with Gasteiger partial charge < -0.3 is 14.1 Å². The van der Waals surface area contributed by atoms with Crippen molar-refractivity contribution < 1.29 is 18.3 Å². The Kier molecular flexibility index (Phi) is 5.21. The Balaban J connectivity index is 1.60. The van der Waals surface area contributed by atoms with Gasteiger partial charge in [-0.05, 0) is 54.8 Å². The highest BCUT2D eigenvalue weighted by Gasteiger charge is 2.42. The first-order valence-corrected chi connectivity index (χ1v) is 10.7. The van der Waals surface area contributed by atoms with E-state index in [1.165, 1.54) is 12.1 Å². The lowest BCUT2D eigenvalue weighted by Gasteiger charge is -2.25. The molecule has 1 atom stereocenters. The first kappa shape index (κ1) is 20.9. The Morgan fingerprint density at radius 1 is 1.00 bits per heavy atom. The number of carbonyl (C=O) groups excluding carboxylic acids is 1. The maximum absolute atomic E-state index is 13.9. The highest BCUT2D eigenvalue weighted by Crippen LogP contribution is 2.38. The quantitative estimate of drug-likeness (QED) is 0.434. The molecule has 2 heterocycles. The van der Waals surface area contributed by atoms with E-state index in [1.807, 2.05) is 55.5 Å². The number of amides is 1. The fourth-order valence-electron chi connectivity index (χ4n) is 4.36. The van der Waals surface area contributed by atoms with Crippen LogP contribution in [0.15, 0.2) is 75.9 Å². The molecule has 0 fully saturated rings. The van der Waals surface area contributed by atoms with Crippen LogP contribution in [0.5, 0.6) is 5.75 Å². The van der Waals surface area contributed by atoms with Crippen molar-refractivity contribution in [1.82, 2.24) is 4.90 Å². The van der Waals surface area contributed by atoms with Crippen LogP contribution >= 0.6 is 0 Å². The van der Waals surface area contributed by atoms with E-state index in [9.17, 15) is 14.0 Å². The van der Waals surface area contributed by atoms with Crippen molar-refractivity contribution in [3.05, 3.63) is 111 Å². The summed E-state index contributed by atoms with van der Waals surface area (Å²) < 4.78 is 25.0. The van der Waals surface area contributed by atoms with Gasteiger partial charge in [-0.25, -0.2) is 4.39 Å². The van der Waals surface area contributed by atoms with E-state index in [2.05, 4.69) is 0 Å². The molecule has 6 heteroatoms. The normalized spacial score (nSPS) is 15.2. The Bertz CT molecular complexity index is 1410. The van der Waals surface area contributed by atoms with Crippen LogP contribution in [0.25, 0.3) is 11.0 Å². The maximum atomic E-state index is 13.9. The summed E-state index contributed by atoms with van der Waals surface area (Å²) in [6, 6.07) is 18.5. The van der Waals surface area contributed by atoms with E-state index in [0.29, 0.717) is 13.0 Å². The van der Waals surface area contributed by atoms with Gasteiger partial charge in [-0.15, -0.1) is 0 Å². The van der Waals surface area contributed by atoms with Gasteiger partial charge in [-0.3, -0.25) is 9.59 Å². The summed E-state index contributed by atoms with van der Waals surface area (Å²) in [6.45, 7) is 2.36. The number of nitrogens with zero attached hydrogens (tertiary/aromatic N) is 1. The molecular weight excluding hydrogens is 421 g/mol. The first-order valence-electron chi connectivity index (χ1n) is 10.7. The minimum Gasteiger partial charge on any atom is -0.497 e. The summed E-state index contributed by atoms with van der Waals surface area (Å²) in [4.78, 5) is 28.5. The molecule has 0 bridgehead atoms. The molecule has 5 rings (SSSR count). The molecule has 33 heavy (non-hydrogen) atoms. The van der Waals surface area contributed by atoms with E-state index < -0.39 is 11.9 Å². The number of hydrogen-bond acceptors (Lipinski definition) is 4. The summed E-state index contributed by atoms with van der Waals surface area (Å²) in [5, 5.41) is 0.135.